The number of aromatic nitrogens is 1. The zero-order valence-corrected chi connectivity index (χ0v) is 13.3. The highest BCUT2D eigenvalue weighted by atomic mass is 16.5. The largest absolute Gasteiger partial charge is 0.492 e. The second kappa shape index (κ2) is 6.57. The molecule has 0 saturated carbocycles. The Labute approximate surface area is 127 Å². The van der Waals surface area contributed by atoms with E-state index in [1.807, 2.05) is 13.0 Å². The Morgan fingerprint density at radius 2 is 1.76 bits per heavy atom. The maximum Gasteiger partial charge on any atom is 0.144 e. The van der Waals surface area contributed by atoms with Crippen LogP contribution in [0.3, 0.4) is 0 Å². The van der Waals surface area contributed by atoms with Crippen molar-refractivity contribution in [3.8, 4) is 5.75 Å². The maximum atomic E-state index is 5.58. The highest BCUT2D eigenvalue weighted by molar-refractivity contribution is 5.72. The molecule has 1 aromatic carbocycles. The molecule has 0 radical (unpaired) electrons. The number of hydrogen-bond donors (Lipinski definition) is 0. The summed E-state index contributed by atoms with van der Waals surface area (Å²) in [6.45, 7) is 9.30. The van der Waals surface area contributed by atoms with Gasteiger partial charge in [0.15, 0.2) is 0 Å². The highest BCUT2D eigenvalue weighted by Gasteiger charge is 2.12. The number of ether oxygens (including phenoxy) is 1. The second-order valence-electron chi connectivity index (χ2n) is 6.05. The number of hydrogen-bond acceptors (Lipinski definition) is 2. The fourth-order valence-electron chi connectivity index (χ4n) is 2.08. The van der Waals surface area contributed by atoms with E-state index in [2.05, 4.69) is 62.2 Å². The van der Waals surface area contributed by atoms with E-state index in [1.54, 1.807) is 12.4 Å². The summed E-state index contributed by atoms with van der Waals surface area (Å²) in [5, 5.41) is 0. The first-order valence-electron chi connectivity index (χ1n) is 7.36. The van der Waals surface area contributed by atoms with Gasteiger partial charge in [-0.05, 0) is 29.5 Å². The molecule has 0 amide bonds. The van der Waals surface area contributed by atoms with E-state index >= 15 is 0 Å². The number of nitrogens with zero attached hydrogens (tertiary/aromatic N) is 1. The topological polar surface area (TPSA) is 22.1 Å². The SMILES string of the molecule is CCOc1cnccc1/C=C/c1ccc(C(C)(C)C)cc1. The lowest BCUT2D eigenvalue weighted by atomic mass is 9.87. The first-order valence-corrected chi connectivity index (χ1v) is 7.36. The lowest BCUT2D eigenvalue weighted by molar-refractivity contribution is 0.338. The van der Waals surface area contributed by atoms with Gasteiger partial charge in [-0.3, -0.25) is 4.98 Å². The third kappa shape index (κ3) is 4.19. The maximum absolute atomic E-state index is 5.58. The minimum Gasteiger partial charge on any atom is -0.492 e. The third-order valence-corrected chi connectivity index (χ3v) is 3.35. The van der Waals surface area contributed by atoms with Crippen LogP contribution in [-0.4, -0.2) is 11.6 Å². The minimum absolute atomic E-state index is 0.190. The van der Waals surface area contributed by atoms with Crippen LogP contribution in [0.15, 0.2) is 42.7 Å². The van der Waals surface area contributed by atoms with Gasteiger partial charge in [-0.25, -0.2) is 0 Å². The summed E-state index contributed by atoms with van der Waals surface area (Å²) in [5.74, 6) is 0.822. The molecule has 0 unspecified atom stereocenters. The Morgan fingerprint density at radius 3 is 2.38 bits per heavy atom. The quantitative estimate of drug-likeness (QED) is 0.791. The standard InChI is InChI=1S/C19H23NO/c1-5-21-18-14-20-13-12-16(18)9-6-15-7-10-17(11-8-15)19(2,3)4/h6-14H,5H2,1-4H3/b9-6+. The molecule has 0 N–H and O–H groups in total. The van der Waals surface area contributed by atoms with Gasteiger partial charge in [0.05, 0.1) is 12.8 Å². The van der Waals surface area contributed by atoms with Crippen molar-refractivity contribution in [2.45, 2.75) is 33.1 Å². The molecular weight excluding hydrogens is 258 g/mol. The first-order chi connectivity index (χ1) is 10.0. The van der Waals surface area contributed by atoms with Crippen LogP contribution >= 0.6 is 0 Å². The van der Waals surface area contributed by atoms with Crippen molar-refractivity contribution in [1.29, 1.82) is 0 Å². The van der Waals surface area contributed by atoms with Crippen LogP contribution in [0, 0.1) is 0 Å². The highest BCUT2D eigenvalue weighted by Crippen LogP contribution is 2.23. The molecule has 2 rings (SSSR count). The van der Waals surface area contributed by atoms with Gasteiger partial charge < -0.3 is 4.74 Å². The molecule has 1 heterocycles. The number of benzene rings is 1. The molecule has 110 valence electrons. The first kappa shape index (κ1) is 15.3. The Morgan fingerprint density at radius 1 is 1.05 bits per heavy atom. The minimum atomic E-state index is 0.190. The molecule has 2 nitrogen and oxygen atoms in total. The van der Waals surface area contributed by atoms with Crippen LogP contribution in [-0.2, 0) is 5.41 Å². The molecule has 0 fully saturated rings. The van der Waals surface area contributed by atoms with E-state index < -0.39 is 0 Å². The van der Waals surface area contributed by atoms with Crippen LogP contribution in [0.2, 0.25) is 0 Å². The van der Waals surface area contributed by atoms with Crippen LogP contribution in [0.5, 0.6) is 5.75 Å². The predicted molar refractivity (Wildman–Crippen MR) is 89.5 cm³/mol. The zero-order valence-electron chi connectivity index (χ0n) is 13.3. The van der Waals surface area contributed by atoms with Crippen LogP contribution < -0.4 is 4.74 Å². The van der Waals surface area contributed by atoms with E-state index in [-0.39, 0.29) is 5.41 Å². The summed E-state index contributed by atoms with van der Waals surface area (Å²) in [6.07, 6.45) is 7.71. The van der Waals surface area contributed by atoms with Crippen molar-refractivity contribution in [3.05, 3.63) is 59.4 Å². The molecule has 0 aliphatic carbocycles. The second-order valence-corrected chi connectivity index (χ2v) is 6.05. The molecule has 0 aliphatic heterocycles. The Hall–Kier alpha value is -2.09. The molecule has 0 bridgehead atoms. The molecule has 0 atom stereocenters. The van der Waals surface area contributed by atoms with Crippen LogP contribution in [0.4, 0.5) is 0 Å². The van der Waals surface area contributed by atoms with Gasteiger partial charge in [-0.1, -0.05) is 57.2 Å². The van der Waals surface area contributed by atoms with Gasteiger partial charge >= 0.3 is 0 Å². The molecule has 0 aliphatic rings. The fourth-order valence-corrected chi connectivity index (χ4v) is 2.08. The summed E-state index contributed by atoms with van der Waals surface area (Å²) in [7, 11) is 0. The molecule has 0 spiro atoms. The van der Waals surface area contributed by atoms with Gasteiger partial charge in [-0.15, -0.1) is 0 Å². The molecule has 2 aromatic rings. The van der Waals surface area contributed by atoms with E-state index in [4.69, 9.17) is 4.74 Å². The summed E-state index contributed by atoms with van der Waals surface area (Å²) < 4.78 is 5.58. The average molecular weight is 281 g/mol. The Kier molecular flexibility index (Phi) is 4.79. The Bertz CT molecular complexity index is 606. The predicted octanol–water partition coefficient (Wildman–Crippen LogP) is 4.95. The van der Waals surface area contributed by atoms with E-state index in [0.717, 1.165) is 11.3 Å². The average Bonchev–Trinajstić information content (AvgIpc) is 2.46. The molecule has 21 heavy (non-hydrogen) atoms. The number of pyridine rings is 1. The summed E-state index contributed by atoms with van der Waals surface area (Å²) >= 11 is 0. The monoisotopic (exact) mass is 281 g/mol. The molecule has 2 heteroatoms. The van der Waals surface area contributed by atoms with Crippen LogP contribution in [0.25, 0.3) is 12.2 Å². The van der Waals surface area contributed by atoms with Gasteiger partial charge in [-0.2, -0.15) is 0 Å². The van der Waals surface area contributed by atoms with Gasteiger partial charge in [0, 0.05) is 11.8 Å². The molecular formula is C19H23NO. The van der Waals surface area contributed by atoms with Crippen LogP contribution in [0.1, 0.15) is 44.4 Å². The van der Waals surface area contributed by atoms with Gasteiger partial charge in [0.2, 0.25) is 0 Å². The van der Waals surface area contributed by atoms with Gasteiger partial charge in [0.25, 0.3) is 0 Å². The fraction of sp³-hybridized carbons (Fsp3) is 0.316. The van der Waals surface area contributed by atoms with Crippen molar-refractivity contribution in [3.63, 3.8) is 0 Å². The lowest BCUT2D eigenvalue weighted by Crippen LogP contribution is -2.10. The van der Waals surface area contributed by atoms with E-state index in [1.165, 1.54) is 11.1 Å². The van der Waals surface area contributed by atoms with E-state index in [9.17, 15) is 0 Å². The molecule has 0 saturated heterocycles. The zero-order chi connectivity index (χ0) is 15.3. The smallest absolute Gasteiger partial charge is 0.144 e. The van der Waals surface area contributed by atoms with Crippen molar-refractivity contribution >= 4 is 12.2 Å². The number of rotatable bonds is 4. The third-order valence-electron chi connectivity index (χ3n) is 3.35. The van der Waals surface area contributed by atoms with Crippen molar-refractivity contribution in [2.75, 3.05) is 6.61 Å². The van der Waals surface area contributed by atoms with Crippen molar-refractivity contribution in [1.82, 2.24) is 4.98 Å². The summed E-state index contributed by atoms with van der Waals surface area (Å²) in [6, 6.07) is 10.6. The summed E-state index contributed by atoms with van der Waals surface area (Å²) in [5.41, 5.74) is 3.77. The van der Waals surface area contributed by atoms with E-state index in [0.29, 0.717) is 6.61 Å². The van der Waals surface area contributed by atoms with Crippen molar-refractivity contribution in [2.24, 2.45) is 0 Å². The van der Waals surface area contributed by atoms with Gasteiger partial charge in [0.1, 0.15) is 5.75 Å². The van der Waals surface area contributed by atoms with Crippen molar-refractivity contribution < 1.29 is 4.74 Å². The Balaban J connectivity index is 2.18. The normalized spacial score (nSPS) is 11.8. The lowest BCUT2D eigenvalue weighted by Gasteiger charge is -2.18. The molecule has 1 aromatic heterocycles. The summed E-state index contributed by atoms with van der Waals surface area (Å²) in [4.78, 5) is 4.10.